The quantitative estimate of drug-likeness (QED) is 0.692. The predicted octanol–water partition coefficient (Wildman–Crippen LogP) is 2.55. The Morgan fingerprint density at radius 3 is 3.12 bits per heavy atom. The van der Waals surface area contributed by atoms with Crippen LogP contribution in [0.4, 0.5) is 5.69 Å². The van der Waals surface area contributed by atoms with Crippen molar-refractivity contribution in [2.75, 3.05) is 17.7 Å². The largest absolute Gasteiger partial charge is 0.376 e. The SMILES string of the molecule is Cc1ccc(NC(=O)CSc2n[nH]c(=O)n2CC2CCCO2)c(Br)c1. The summed E-state index contributed by atoms with van der Waals surface area (Å²) in [6, 6.07) is 5.72. The highest BCUT2D eigenvalue weighted by Gasteiger charge is 2.20. The van der Waals surface area contributed by atoms with Gasteiger partial charge in [-0.25, -0.2) is 9.89 Å². The zero-order valence-corrected chi connectivity index (χ0v) is 16.2. The van der Waals surface area contributed by atoms with E-state index in [9.17, 15) is 9.59 Å². The first-order valence-corrected chi connectivity index (χ1v) is 9.76. The zero-order chi connectivity index (χ0) is 17.8. The molecule has 1 unspecified atom stereocenters. The molecule has 1 aliphatic heterocycles. The number of nitrogens with one attached hydrogen (secondary N) is 2. The van der Waals surface area contributed by atoms with E-state index in [1.165, 1.54) is 16.3 Å². The number of amides is 1. The van der Waals surface area contributed by atoms with E-state index in [1.54, 1.807) is 0 Å². The molecule has 1 aliphatic rings. The molecule has 7 nitrogen and oxygen atoms in total. The molecule has 3 rings (SSSR count). The molecule has 134 valence electrons. The zero-order valence-electron chi connectivity index (χ0n) is 13.8. The van der Waals surface area contributed by atoms with Crippen molar-refractivity contribution in [2.24, 2.45) is 0 Å². The van der Waals surface area contributed by atoms with Crippen molar-refractivity contribution < 1.29 is 9.53 Å². The number of hydrogen-bond donors (Lipinski definition) is 2. The number of aromatic amines is 1. The maximum Gasteiger partial charge on any atom is 0.344 e. The number of ether oxygens (including phenoxy) is 1. The number of carbonyl (C=O) groups is 1. The van der Waals surface area contributed by atoms with Gasteiger partial charge in [0.05, 0.1) is 24.1 Å². The minimum absolute atomic E-state index is 0.0343. The lowest BCUT2D eigenvalue weighted by Gasteiger charge is -2.11. The molecule has 1 amide bonds. The molecule has 0 radical (unpaired) electrons. The standard InChI is InChI=1S/C16H19BrN4O3S/c1-10-4-5-13(12(17)7-10)18-14(22)9-25-16-20-19-15(23)21(16)8-11-3-2-6-24-11/h4-5,7,11H,2-3,6,8-9H2,1H3,(H,18,22)(H,19,23). The molecular weight excluding hydrogens is 408 g/mol. The van der Waals surface area contributed by atoms with Crippen LogP contribution in [0.1, 0.15) is 18.4 Å². The third-order valence-electron chi connectivity index (χ3n) is 3.86. The average molecular weight is 427 g/mol. The van der Waals surface area contributed by atoms with Crippen LogP contribution in [0.5, 0.6) is 0 Å². The number of nitrogens with zero attached hydrogens (tertiary/aromatic N) is 2. The van der Waals surface area contributed by atoms with Gasteiger partial charge in [-0.1, -0.05) is 17.8 Å². The van der Waals surface area contributed by atoms with E-state index < -0.39 is 0 Å². The first-order valence-electron chi connectivity index (χ1n) is 7.98. The van der Waals surface area contributed by atoms with Crippen LogP contribution in [-0.4, -0.2) is 39.1 Å². The number of benzene rings is 1. The molecule has 1 aromatic heterocycles. The second kappa shape index (κ2) is 8.20. The van der Waals surface area contributed by atoms with Crippen LogP contribution in [0.15, 0.2) is 32.6 Å². The number of halogens is 1. The molecule has 0 saturated carbocycles. The second-order valence-electron chi connectivity index (χ2n) is 5.88. The summed E-state index contributed by atoms with van der Waals surface area (Å²) in [6.07, 6.45) is 1.98. The lowest BCUT2D eigenvalue weighted by molar-refractivity contribution is -0.113. The van der Waals surface area contributed by atoms with Crippen molar-refractivity contribution in [3.63, 3.8) is 0 Å². The Kier molecular flexibility index (Phi) is 5.98. The van der Waals surface area contributed by atoms with Gasteiger partial charge in [0.25, 0.3) is 0 Å². The van der Waals surface area contributed by atoms with Crippen molar-refractivity contribution in [3.05, 3.63) is 38.7 Å². The summed E-state index contributed by atoms with van der Waals surface area (Å²) in [7, 11) is 0. The van der Waals surface area contributed by atoms with Crippen LogP contribution in [0, 0.1) is 6.92 Å². The number of rotatable bonds is 6. The Labute approximate surface area is 157 Å². The normalized spacial score (nSPS) is 17.0. The summed E-state index contributed by atoms with van der Waals surface area (Å²) < 4.78 is 7.94. The molecule has 0 spiro atoms. The molecule has 2 N–H and O–H groups in total. The predicted molar refractivity (Wildman–Crippen MR) is 100 cm³/mol. The molecule has 0 aliphatic carbocycles. The fraction of sp³-hybridized carbons (Fsp3) is 0.438. The third kappa shape index (κ3) is 4.74. The molecule has 25 heavy (non-hydrogen) atoms. The number of aryl methyl sites for hydroxylation is 1. The number of H-pyrrole nitrogens is 1. The Balaban J connectivity index is 1.59. The van der Waals surface area contributed by atoms with Gasteiger partial charge in [0.2, 0.25) is 5.91 Å². The summed E-state index contributed by atoms with van der Waals surface area (Å²) in [5, 5.41) is 9.80. The van der Waals surface area contributed by atoms with Crippen LogP contribution in [0.2, 0.25) is 0 Å². The molecular formula is C16H19BrN4O3S. The lowest BCUT2D eigenvalue weighted by Crippen LogP contribution is -2.25. The summed E-state index contributed by atoms with van der Waals surface area (Å²) in [5.41, 5.74) is 1.54. The second-order valence-corrected chi connectivity index (χ2v) is 7.67. The van der Waals surface area contributed by atoms with Crippen LogP contribution < -0.4 is 11.0 Å². The Morgan fingerprint density at radius 1 is 1.56 bits per heavy atom. The van der Waals surface area contributed by atoms with Crippen molar-refractivity contribution in [1.29, 1.82) is 0 Å². The van der Waals surface area contributed by atoms with Crippen molar-refractivity contribution in [2.45, 2.75) is 37.6 Å². The third-order valence-corrected chi connectivity index (χ3v) is 5.50. The number of carbonyl (C=O) groups excluding carboxylic acids is 1. The molecule has 0 bridgehead atoms. The smallest absolute Gasteiger partial charge is 0.344 e. The van der Waals surface area contributed by atoms with E-state index >= 15 is 0 Å². The van der Waals surface area contributed by atoms with Gasteiger partial charge in [-0.3, -0.25) is 9.36 Å². The van der Waals surface area contributed by atoms with Gasteiger partial charge in [0, 0.05) is 11.1 Å². The summed E-state index contributed by atoms with van der Waals surface area (Å²) in [4.78, 5) is 24.1. The van der Waals surface area contributed by atoms with Gasteiger partial charge in [-0.05, 0) is 53.4 Å². The summed E-state index contributed by atoms with van der Waals surface area (Å²) in [6.45, 7) is 3.17. The van der Waals surface area contributed by atoms with E-state index in [0.29, 0.717) is 11.7 Å². The Hall–Kier alpha value is -1.58. The highest BCUT2D eigenvalue weighted by atomic mass is 79.9. The highest BCUT2D eigenvalue weighted by Crippen LogP contribution is 2.24. The summed E-state index contributed by atoms with van der Waals surface area (Å²) in [5.74, 6) is 0.00419. The lowest BCUT2D eigenvalue weighted by atomic mass is 10.2. The molecule has 1 saturated heterocycles. The van der Waals surface area contributed by atoms with E-state index in [0.717, 1.165) is 35.2 Å². The van der Waals surface area contributed by atoms with Gasteiger partial charge in [0.1, 0.15) is 0 Å². The maximum absolute atomic E-state index is 12.2. The number of hydrogen-bond acceptors (Lipinski definition) is 5. The van der Waals surface area contributed by atoms with Gasteiger partial charge >= 0.3 is 5.69 Å². The highest BCUT2D eigenvalue weighted by molar-refractivity contribution is 9.10. The Morgan fingerprint density at radius 2 is 2.40 bits per heavy atom. The van der Waals surface area contributed by atoms with E-state index in [4.69, 9.17) is 4.74 Å². The summed E-state index contributed by atoms with van der Waals surface area (Å²) >= 11 is 4.66. The minimum Gasteiger partial charge on any atom is -0.376 e. The Bertz CT molecular complexity index is 814. The molecule has 1 atom stereocenters. The van der Waals surface area contributed by atoms with Crippen LogP contribution >= 0.6 is 27.7 Å². The molecule has 1 fully saturated rings. The topological polar surface area (TPSA) is 89.0 Å². The van der Waals surface area contributed by atoms with Crippen molar-refractivity contribution >= 4 is 39.3 Å². The molecule has 1 aromatic carbocycles. The van der Waals surface area contributed by atoms with Crippen LogP contribution in [0.25, 0.3) is 0 Å². The number of aromatic nitrogens is 3. The van der Waals surface area contributed by atoms with Crippen LogP contribution in [0.3, 0.4) is 0 Å². The van der Waals surface area contributed by atoms with Gasteiger partial charge in [-0.2, -0.15) is 0 Å². The average Bonchev–Trinajstić information content (AvgIpc) is 3.20. The fourth-order valence-electron chi connectivity index (χ4n) is 2.60. The van der Waals surface area contributed by atoms with Gasteiger partial charge < -0.3 is 10.1 Å². The van der Waals surface area contributed by atoms with E-state index in [2.05, 4.69) is 31.4 Å². The minimum atomic E-state index is -0.278. The maximum atomic E-state index is 12.2. The monoisotopic (exact) mass is 426 g/mol. The molecule has 2 aromatic rings. The number of thioether (sulfide) groups is 1. The number of anilines is 1. The first-order chi connectivity index (χ1) is 12.0. The van der Waals surface area contributed by atoms with E-state index in [1.807, 2.05) is 25.1 Å². The molecule has 9 heteroatoms. The van der Waals surface area contributed by atoms with Crippen molar-refractivity contribution in [1.82, 2.24) is 14.8 Å². The van der Waals surface area contributed by atoms with Crippen LogP contribution in [-0.2, 0) is 16.1 Å². The van der Waals surface area contributed by atoms with Gasteiger partial charge in [0.15, 0.2) is 5.16 Å². The van der Waals surface area contributed by atoms with Crippen molar-refractivity contribution in [3.8, 4) is 0 Å². The molecule has 2 heterocycles. The fourth-order valence-corrected chi connectivity index (χ4v) is 3.95. The first kappa shape index (κ1) is 18.2. The van der Waals surface area contributed by atoms with Gasteiger partial charge in [-0.15, -0.1) is 5.10 Å². The van der Waals surface area contributed by atoms with E-state index in [-0.39, 0.29) is 23.5 Å².